The summed E-state index contributed by atoms with van der Waals surface area (Å²) in [6.07, 6.45) is -1.59. The average Bonchev–Trinajstić information content (AvgIpc) is 2.65. The molecule has 7 heteroatoms. The zero-order valence-electron chi connectivity index (χ0n) is 8.85. The molecule has 0 spiro atoms. The molecule has 2 rings (SSSR count). The van der Waals surface area contributed by atoms with Crippen LogP contribution in [0.15, 0.2) is 30.5 Å². The minimum atomic E-state index is -4.60. The zero-order chi connectivity index (χ0) is 13.3. The molecule has 0 saturated heterocycles. The van der Waals surface area contributed by atoms with Crippen LogP contribution in [-0.2, 0) is 11.0 Å². The van der Waals surface area contributed by atoms with Crippen molar-refractivity contribution in [2.24, 2.45) is 0 Å². The highest BCUT2D eigenvalue weighted by Crippen LogP contribution is 2.30. The first-order valence-electron chi connectivity index (χ1n) is 4.85. The van der Waals surface area contributed by atoms with E-state index in [0.717, 1.165) is 16.6 Å². The van der Waals surface area contributed by atoms with E-state index in [9.17, 15) is 18.0 Å². The molecule has 0 radical (unpaired) electrons. The van der Waals surface area contributed by atoms with Crippen molar-refractivity contribution in [3.8, 4) is 0 Å². The lowest BCUT2D eigenvalue weighted by Gasteiger charge is -2.03. The maximum atomic E-state index is 12.7. The molecule has 0 aliphatic rings. The van der Waals surface area contributed by atoms with Crippen molar-refractivity contribution in [3.05, 3.63) is 42.0 Å². The van der Waals surface area contributed by atoms with Crippen LogP contribution in [0, 0.1) is 0 Å². The number of carboxylic acids is 1. The van der Waals surface area contributed by atoms with Gasteiger partial charge in [0.1, 0.15) is 0 Å². The van der Waals surface area contributed by atoms with E-state index in [0.29, 0.717) is 0 Å². The Bertz CT molecular complexity index is 629. The summed E-state index contributed by atoms with van der Waals surface area (Å²) in [5.41, 5.74) is 0.160. The number of alkyl halides is 3. The highest BCUT2D eigenvalue weighted by atomic mass is 19.4. The standard InChI is InChI=1S/C11H7F3N2O2/c12-11(13,14)10-15-7(4-5-9(17)18)8-3-1-2-6-16(8)10/h1-6H,(H,17,18). The van der Waals surface area contributed by atoms with Gasteiger partial charge in [-0.05, 0) is 18.2 Å². The van der Waals surface area contributed by atoms with Crippen molar-refractivity contribution < 1.29 is 23.1 Å². The van der Waals surface area contributed by atoms with Crippen molar-refractivity contribution in [2.45, 2.75) is 6.18 Å². The molecular formula is C11H7F3N2O2. The first kappa shape index (κ1) is 12.2. The van der Waals surface area contributed by atoms with Crippen molar-refractivity contribution in [3.63, 3.8) is 0 Å². The third-order valence-electron chi connectivity index (χ3n) is 2.21. The molecule has 0 bridgehead atoms. The number of carbonyl (C=O) groups is 1. The second kappa shape index (κ2) is 4.17. The van der Waals surface area contributed by atoms with Gasteiger partial charge in [0.15, 0.2) is 0 Å². The Morgan fingerprint density at radius 3 is 2.72 bits per heavy atom. The van der Waals surface area contributed by atoms with Crippen LogP contribution >= 0.6 is 0 Å². The number of pyridine rings is 1. The van der Waals surface area contributed by atoms with Gasteiger partial charge >= 0.3 is 12.1 Å². The molecule has 4 nitrogen and oxygen atoms in total. The lowest BCUT2D eigenvalue weighted by Crippen LogP contribution is -2.10. The average molecular weight is 256 g/mol. The molecule has 0 saturated carbocycles. The third-order valence-corrected chi connectivity index (χ3v) is 2.21. The van der Waals surface area contributed by atoms with Gasteiger partial charge in [-0.1, -0.05) is 6.07 Å². The fraction of sp³-hybridized carbons (Fsp3) is 0.0909. The van der Waals surface area contributed by atoms with Gasteiger partial charge in [0.25, 0.3) is 0 Å². The number of halogens is 3. The summed E-state index contributed by atoms with van der Waals surface area (Å²) in [4.78, 5) is 13.8. The topological polar surface area (TPSA) is 54.6 Å². The quantitative estimate of drug-likeness (QED) is 0.839. The van der Waals surface area contributed by atoms with Gasteiger partial charge in [0.2, 0.25) is 5.82 Å². The lowest BCUT2D eigenvalue weighted by molar-refractivity contribution is -0.145. The van der Waals surface area contributed by atoms with Crippen LogP contribution in [0.2, 0.25) is 0 Å². The van der Waals surface area contributed by atoms with Crippen molar-refractivity contribution in [2.75, 3.05) is 0 Å². The molecule has 0 fully saturated rings. The van der Waals surface area contributed by atoms with E-state index in [1.807, 2.05) is 0 Å². The molecule has 0 atom stereocenters. The van der Waals surface area contributed by atoms with E-state index in [2.05, 4.69) is 4.98 Å². The van der Waals surface area contributed by atoms with E-state index < -0.39 is 18.0 Å². The summed E-state index contributed by atoms with van der Waals surface area (Å²) in [5, 5.41) is 8.47. The van der Waals surface area contributed by atoms with Gasteiger partial charge in [-0.15, -0.1) is 0 Å². The number of aromatic nitrogens is 2. The number of hydrogen-bond donors (Lipinski definition) is 1. The number of imidazole rings is 1. The van der Waals surface area contributed by atoms with Gasteiger partial charge in [-0.3, -0.25) is 4.40 Å². The monoisotopic (exact) mass is 256 g/mol. The summed E-state index contributed by atoms with van der Waals surface area (Å²) in [6, 6.07) is 4.42. The lowest BCUT2D eigenvalue weighted by atomic mass is 10.3. The second-order valence-corrected chi connectivity index (χ2v) is 3.45. The molecule has 0 aliphatic carbocycles. The number of nitrogens with zero attached hydrogens (tertiary/aromatic N) is 2. The number of hydrogen-bond acceptors (Lipinski definition) is 2. The minimum absolute atomic E-state index is 0.0367. The van der Waals surface area contributed by atoms with E-state index in [-0.39, 0.29) is 11.2 Å². The molecule has 2 aromatic heterocycles. The van der Waals surface area contributed by atoms with Gasteiger partial charge < -0.3 is 5.11 Å². The zero-order valence-corrected chi connectivity index (χ0v) is 8.85. The van der Waals surface area contributed by atoms with E-state index in [1.165, 1.54) is 18.3 Å². The fourth-order valence-corrected chi connectivity index (χ4v) is 1.53. The van der Waals surface area contributed by atoms with Crippen LogP contribution in [-0.4, -0.2) is 20.5 Å². The molecule has 0 aliphatic heterocycles. The van der Waals surface area contributed by atoms with Gasteiger partial charge in [0, 0.05) is 12.3 Å². The van der Waals surface area contributed by atoms with E-state index >= 15 is 0 Å². The maximum Gasteiger partial charge on any atom is 0.450 e. The molecule has 0 unspecified atom stereocenters. The highest BCUT2D eigenvalue weighted by Gasteiger charge is 2.36. The molecule has 2 aromatic rings. The highest BCUT2D eigenvalue weighted by molar-refractivity contribution is 5.86. The maximum absolute atomic E-state index is 12.7. The Kier molecular flexibility index (Phi) is 2.82. The van der Waals surface area contributed by atoms with Crippen LogP contribution in [0.4, 0.5) is 13.2 Å². The van der Waals surface area contributed by atoms with Gasteiger partial charge in [-0.25, -0.2) is 9.78 Å². The molecule has 1 N–H and O–H groups in total. The molecule has 94 valence electrons. The predicted octanol–water partition coefficient (Wildman–Crippen LogP) is 2.45. The van der Waals surface area contributed by atoms with Crippen LogP contribution in [0.1, 0.15) is 11.5 Å². The van der Waals surface area contributed by atoms with Crippen molar-refractivity contribution in [1.82, 2.24) is 9.38 Å². The SMILES string of the molecule is O=C(O)C=Cc1nc(C(F)(F)F)n2ccccc12. The number of fused-ring (bicyclic) bond motifs is 1. The Hall–Kier alpha value is -2.31. The molecule has 2 heterocycles. The molecule has 18 heavy (non-hydrogen) atoms. The third kappa shape index (κ3) is 2.20. The van der Waals surface area contributed by atoms with Crippen LogP contribution in [0.5, 0.6) is 0 Å². The minimum Gasteiger partial charge on any atom is -0.478 e. The summed E-state index contributed by atoms with van der Waals surface area (Å²) in [5.74, 6) is -2.33. The Morgan fingerprint density at radius 1 is 1.39 bits per heavy atom. The predicted molar refractivity (Wildman–Crippen MR) is 56.9 cm³/mol. The first-order valence-corrected chi connectivity index (χ1v) is 4.85. The summed E-state index contributed by atoms with van der Waals surface area (Å²) in [7, 11) is 0. The second-order valence-electron chi connectivity index (χ2n) is 3.45. The summed E-state index contributed by atoms with van der Waals surface area (Å²) in [6.45, 7) is 0. The Balaban J connectivity index is 2.65. The van der Waals surface area contributed by atoms with Crippen LogP contribution in [0.3, 0.4) is 0 Å². The van der Waals surface area contributed by atoms with Crippen LogP contribution < -0.4 is 0 Å². The first-order chi connectivity index (χ1) is 8.39. The van der Waals surface area contributed by atoms with Crippen molar-refractivity contribution in [1.29, 1.82) is 0 Å². The number of rotatable bonds is 2. The smallest absolute Gasteiger partial charge is 0.450 e. The number of carboxylic acid groups (broad SMARTS) is 1. The normalized spacial score (nSPS) is 12.4. The van der Waals surface area contributed by atoms with E-state index in [4.69, 9.17) is 5.11 Å². The molecular weight excluding hydrogens is 249 g/mol. The van der Waals surface area contributed by atoms with E-state index in [1.54, 1.807) is 6.07 Å². The summed E-state index contributed by atoms with van der Waals surface area (Å²) >= 11 is 0. The Labute approximate surface area is 99.0 Å². The Morgan fingerprint density at radius 2 is 2.11 bits per heavy atom. The van der Waals surface area contributed by atoms with Crippen molar-refractivity contribution >= 4 is 17.6 Å². The number of aliphatic carboxylic acids is 1. The largest absolute Gasteiger partial charge is 0.478 e. The summed E-state index contributed by atoms with van der Waals surface area (Å²) < 4.78 is 39.0. The molecule has 0 amide bonds. The molecule has 0 aromatic carbocycles. The van der Waals surface area contributed by atoms with Crippen LogP contribution in [0.25, 0.3) is 11.6 Å². The fourth-order valence-electron chi connectivity index (χ4n) is 1.53. The van der Waals surface area contributed by atoms with Gasteiger partial charge in [-0.2, -0.15) is 13.2 Å². The van der Waals surface area contributed by atoms with Gasteiger partial charge in [0.05, 0.1) is 11.2 Å².